The minimum absolute atomic E-state index is 0.333. The summed E-state index contributed by atoms with van der Waals surface area (Å²) in [5, 5.41) is 9.78. The number of hydrogen-bond donors (Lipinski definition) is 1. The lowest BCUT2D eigenvalue weighted by atomic mass is 10.1. The molecule has 2 aromatic carbocycles. The van der Waals surface area contributed by atoms with E-state index in [-0.39, 0.29) is 0 Å². The largest absolute Gasteiger partial charge is 0.507 e. The molecule has 1 aliphatic rings. The molecule has 3 rings (SSSR count). The number of aromatic hydroxyl groups is 1. The molecule has 2 nitrogen and oxygen atoms in total. The van der Waals surface area contributed by atoms with E-state index in [0.29, 0.717) is 5.75 Å². The Balaban J connectivity index is 1.83. The van der Waals surface area contributed by atoms with Crippen molar-refractivity contribution in [3.05, 3.63) is 52.0 Å². The van der Waals surface area contributed by atoms with E-state index in [1.165, 1.54) is 11.1 Å². The molecule has 0 saturated heterocycles. The van der Waals surface area contributed by atoms with Gasteiger partial charge in [0.15, 0.2) is 0 Å². The van der Waals surface area contributed by atoms with Gasteiger partial charge in [0, 0.05) is 27.1 Å². The molecule has 0 atom stereocenters. The predicted molar refractivity (Wildman–Crippen MR) is 81.0 cm³/mol. The molecule has 1 aliphatic heterocycles. The van der Waals surface area contributed by atoms with Crippen molar-refractivity contribution in [1.29, 1.82) is 0 Å². The van der Waals surface area contributed by atoms with Crippen LogP contribution >= 0.6 is 27.7 Å². The van der Waals surface area contributed by atoms with Crippen LogP contribution in [0.4, 0.5) is 0 Å². The average Bonchev–Trinajstić information content (AvgIpc) is 2.85. The first kappa shape index (κ1) is 12.9. The zero-order valence-corrected chi connectivity index (χ0v) is 12.6. The van der Waals surface area contributed by atoms with E-state index in [9.17, 15) is 5.11 Å². The quantitative estimate of drug-likeness (QED) is 0.843. The predicted octanol–water partition coefficient (Wildman–Crippen LogP) is 4.38. The Hall–Kier alpha value is -1.13. The van der Waals surface area contributed by atoms with E-state index in [1.807, 2.05) is 18.2 Å². The van der Waals surface area contributed by atoms with E-state index in [2.05, 4.69) is 28.1 Å². The van der Waals surface area contributed by atoms with Gasteiger partial charge in [0.05, 0.1) is 6.61 Å². The number of rotatable bonds is 3. The Morgan fingerprint density at radius 3 is 2.95 bits per heavy atom. The molecule has 0 fully saturated rings. The van der Waals surface area contributed by atoms with Crippen molar-refractivity contribution in [2.24, 2.45) is 0 Å². The fourth-order valence-electron chi connectivity index (χ4n) is 2.19. The van der Waals surface area contributed by atoms with Crippen molar-refractivity contribution in [3.8, 4) is 11.5 Å². The van der Waals surface area contributed by atoms with Gasteiger partial charge in [-0.15, -0.1) is 11.8 Å². The fraction of sp³-hybridized carbons (Fsp3) is 0.200. The third-order valence-electron chi connectivity index (χ3n) is 3.07. The first-order chi connectivity index (χ1) is 9.24. The molecule has 0 bridgehead atoms. The second-order valence-electron chi connectivity index (χ2n) is 4.41. The van der Waals surface area contributed by atoms with E-state index >= 15 is 0 Å². The van der Waals surface area contributed by atoms with Gasteiger partial charge in [0.25, 0.3) is 0 Å². The van der Waals surface area contributed by atoms with Crippen molar-refractivity contribution in [1.82, 2.24) is 0 Å². The van der Waals surface area contributed by atoms with Crippen LogP contribution in [0.3, 0.4) is 0 Å². The van der Waals surface area contributed by atoms with E-state index < -0.39 is 0 Å². The number of phenolic OH excluding ortho intramolecular Hbond substituents is 1. The summed E-state index contributed by atoms with van der Waals surface area (Å²) in [7, 11) is 0. The fourth-order valence-corrected chi connectivity index (χ4v) is 3.66. The van der Waals surface area contributed by atoms with Crippen molar-refractivity contribution in [2.45, 2.75) is 17.1 Å². The number of benzene rings is 2. The Morgan fingerprint density at radius 2 is 2.11 bits per heavy atom. The molecule has 0 aromatic heterocycles. The van der Waals surface area contributed by atoms with Gasteiger partial charge in [-0.05, 0) is 29.8 Å². The third kappa shape index (κ3) is 2.74. The molecule has 0 unspecified atom stereocenters. The average molecular weight is 337 g/mol. The molecule has 0 amide bonds. The van der Waals surface area contributed by atoms with Crippen LogP contribution in [-0.4, -0.2) is 11.7 Å². The van der Waals surface area contributed by atoms with Gasteiger partial charge in [-0.1, -0.05) is 28.1 Å². The van der Waals surface area contributed by atoms with Crippen molar-refractivity contribution in [3.63, 3.8) is 0 Å². The summed E-state index contributed by atoms with van der Waals surface area (Å²) in [5.41, 5.74) is 2.44. The Bertz CT molecular complexity index is 613. The molecular weight excluding hydrogens is 324 g/mol. The number of fused-ring (bicyclic) bond motifs is 1. The highest BCUT2D eigenvalue weighted by Gasteiger charge is 2.17. The number of ether oxygens (including phenoxy) is 1. The summed E-state index contributed by atoms with van der Waals surface area (Å²) in [6, 6.07) is 11.6. The summed E-state index contributed by atoms with van der Waals surface area (Å²) in [6.45, 7) is 0.764. The zero-order valence-electron chi connectivity index (χ0n) is 10.2. The molecule has 98 valence electrons. The topological polar surface area (TPSA) is 29.5 Å². The molecule has 1 heterocycles. The Kier molecular flexibility index (Phi) is 3.71. The van der Waals surface area contributed by atoms with Crippen LogP contribution in [0.5, 0.6) is 11.5 Å². The SMILES string of the molecule is Oc1ccccc1SCc1cc(Br)cc2c1OCC2. The second-order valence-corrected chi connectivity index (χ2v) is 6.34. The lowest BCUT2D eigenvalue weighted by Gasteiger charge is -2.09. The molecule has 1 N–H and O–H groups in total. The van der Waals surface area contributed by atoms with Crippen LogP contribution in [0.2, 0.25) is 0 Å². The minimum Gasteiger partial charge on any atom is -0.507 e. The number of para-hydroxylation sites is 1. The standard InChI is InChI=1S/C15H13BrO2S/c16-12-7-10-5-6-18-15(10)11(8-12)9-19-14-4-2-1-3-13(14)17/h1-4,7-8,17H,5-6,9H2. The lowest BCUT2D eigenvalue weighted by Crippen LogP contribution is -1.91. The highest BCUT2D eigenvalue weighted by atomic mass is 79.9. The Labute approximate surface area is 124 Å². The molecule has 2 aromatic rings. The molecule has 0 saturated carbocycles. The number of halogens is 1. The molecular formula is C15H13BrO2S. The van der Waals surface area contributed by atoms with Crippen LogP contribution < -0.4 is 4.74 Å². The summed E-state index contributed by atoms with van der Waals surface area (Å²) in [6.07, 6.45) is 0.975. The van der Waals surface area contributed by atoms with E-state index in [4.69, 9.17) is 4.74 Å². The van der Waals surface area contributed by atoms with Crippen LogP contribution in [0.15, 0.2) is 45.8 Å². The monoisotopic (exact) mass is 336 g/mol. The summed E-state index contributed by atoms with van der Waals surface area (Å²) in [4.78, 5) is 0.897. The van der Waals surface area contributed by atoms with Gasteiger partial charge in [-0.25, -0.2) is 0 Å². The van der Waals surface area contributed by atoms with Gasteiger partial charge in [-0.2, -0.15) is 0 Å². The maximum absolute atomic E-state index is 9.78. The highest BCUT2D eigenvalue weighted by molar-refractivity contribution is 9.10. The lowest BCUT2D eigenvalue weighted by molar-refractivity contribution is 0.354. The van der Waals surface area contributed by atoms with Crippen LogP contribution in [0.25, 0.3) is 0 Å². The number of phenols is 1. The maximum Gasteiger partial charge on any atom is 0.129 e. The van der Waals surface area contributed by atoms with Gasteiger partial charge >= 0.3 is 0 Å². The zero-order chi connectivity index (χ0) is 13.2. The molecule has 0 spiro atoms. The molecule has 4 heteroatoms. The number of thioether (sulfide) groups is 1. The van der Waals surface area contributed by atoms with Crippen LogP contribution in [0.1, 0.15) is 11.1 Å². The first-order valence-corrected chi connectivity index (χ1v) is 7.87. The molecule has 0 radical (unpaired) electrons. The van der Waals surface area contributed by atoms with Gasteiger partial charge in [-0.3, -0.25) is 0 Å². The molecule has 19 heavy (non-hydrogen) atoms. The van der Waals surface area contributed by atoms with Crippen LogP contribution in [0, 0.1) is 0 Å². The van der Waals surface area contributed by atoms with Crippen molar-refractivity contribution < 1.29 is 9.84 Å². The van der Waals surface area contributed by atoms with Gasteiger partial charge in [0.2, 0.25) is 0 Å². The third-order valence-corrected chi connectivity index (χ3v) is 4.64. The summed E-state index contributed by atoms with van der Waals surface area (Å²) >= 11 is 5.17. The highest BCUT2D eigenvalue weighted by Crippen LogP contribution is 2.38. The minimum atomic E-state index is 0.333. The van der Waals surface area contributed by atoms with Gasteiger partial charge in [0.1, 0.15) is 11.5 Å². The normalized spacial score (nSPS) is 13.1. The van der Waals surface area contributed by atoms with Gasteiger partial charge < -0.3 is 9.84 Å². The van der Waals surface area contributed by atoms with Crippen molar-refractivity contribution in [2.75, 3.05) is 6.61 Å². The van der Waals surface area contributed by atoms with E-state index in [1.54, 1.807) is 17.8 Å². The Morgan fingerprint density at radius 1 is 1.26 bits per heavy atom. The first-order valence-electron chi connectivity index (χ1n) is 6.09. The van der Waals surface area contributed by atoms with Crippen molar-refractivity contribution >= 4 is 27.7 Å². The molecule has 0 aliphatic carbocycles. The smallest absolute Gasteiger partial charge is 0.129 e. The van der Waals surface area contributed by atoms with Crippen LogP contribution in [-0.2, 0) is 12.2 Å². The van der Waals surface area contributed by atoms with E-state index in [0.717, 1.165) is 33.9 Å². The summed E-state index contributed by atoms with van der Waals surface area (Å²) < 4.78 is 6.79. The second kappa shape index (κ2) is 5.47. The summed E-state index contributed by atoms with van der Waals surface area (Å²) in [5.74, 6) is 2.14. The number of hydrogen-bond acceptors (Lipinski definition) is 3. The maximum atomic E-state index is 9.78.